The van der Waals surface area contributed by atoms with Crippen molar-refractivity contribution >= 4 is 21.6 Å². The summed E-state index contributed by atoms with van der Waals surface area (Å²) in [7, 11) is 1.68. The number of aryl methyl sites for hydroxylation is 2. The van der Waals surface area contributed by atoms with Crippen molar-refractivity contribution in [3.63, 3.8) is 0 Å². The largest absolute Gasteiger partial charge is 0.496 e. The second-order valence-electron chi connectivity index (χ2n) is 5.16. The Morgan fingerprint density at radius 1 is 1.10 bits per heavy atom. The lowest BCUT2D eigenvalue weighted by Gasteiger charge is -2.10. The summed E-state index contributed by atoms with van der Waals surface area (Å²) in [6, 6.07) is 12.9. The van der Waals surface area contributed by atoms with Gasteiger partial charge in [-0.05, 0) is 70.1 Å². The van der Waals surface area contributed by atoms with Crippen molar-refractivity contribution in [2.75, 3.05) is 12.4 Å². The zero-order valence-corrected chi connectivity index (χ0v) is 13.2. The molecule has 1 aliphatic rings. The Balaban J connectivity index is 1.69. The van der Waals surface area contributed by atoms with E-state index in [4.69, 9.17) is 4.74 Å². The Labute approximate surface area is 128 Å². The van der Waals surface area contributed by atoms with E-state index in [1.165, 1.54) is 36.0 Å². The molecule has 1 N–H and O–H groups in total. The fourth-order valence-corrected chi connectivity index (χ4v) is 3.26. The lowest BCUT2D eigenvalue weighted by Crippen LogP contribution is -2.00. The summed E-state index contributed by atoms with van der Waals surface area (Å²) in [6.07, 6.45) is 3.78. The fourth-order valence-electron chi connectivity index (χ4n) is 2.72. The predicted molar refractivity (Wildman–Crippen MR) is 86.5 cm³/mol. The molecule has 0 amide bonds. The first-order chi connectivity index (χ1) is 9.76. The second kappa shape index (κ2) is 5.88. The monoisotopic (exact) mass is 331 g/mol. The Morgan fingerprint density at radius 2 is 1.95 bits per heavy atom. The minimum atomic E-state index is 0.853. The van der Waals surface area contributed by atoms with Crippen molar-refractivity contribution in [1.29, 1.82) is 0 Å². The summed E-state index contributed by atoms with van der Waals surface area (Å²) < 4.78 is 6.21. The van der Waals surface area contributed by atoms with Crippen LogP contribution in [-0.4, -0.2) is 7.11 Å². The van der Waals surface area contributed by atoms with Crippen LogP contribution in [0.5, 0.6) is 5.75 Å². The standard InChI is InChI=1S/C17H18BrNO/c1-20-17-8-7-15(10-16(17)18)19-11-12-5-6-13-3-2-4-14(13)9-12/h5-10,19H,2-4,11H2,1H3. The van der Waals surface area contributed by atoms with Gasteiger partial charge in [0.1, 0.15) is 5.75 Å². The molecule has 0 aliphatic heterocycles. The van der Waals surface area contributed by atoms with Crippen LogP contribution in [-0.2, 0) is 19.4 Å². The molecule has 1 aliphatic carbocycles. The minimum absolute atomic E-state index is 0.853. The van der Waals surface area contributed by atoms with Crippen LogP contribution in [0.3, 0.4) is 0 Å². The highest BCUT2D eigenvalue weighted by atomic mass is 79.9. The third-order valence-corrected chi connectivity index (χ3v) is 4.43. The predicted octanol–water partition coefficient (Wildman–Crippen LogP) is 4.56. The van der Waals surface area contributed by atoms with E-state index in [2.05, 4.69) is 39.4 Å². The normalized spacial score (nSPS) is 13.1. The van der Waals surface area contributed by atoms with Gasteiger partial charge in [-0.15, -0.1) is 0 Å². The zero-order chi connectivity index (χ0) is 13.9. The van der Waals surface area contributed by atoms with Gasteiger partial charge in [-0.25, -0.2) is 0 Å². The molecule has 2 aromatic rings. The average molecular weight is 332 g/mol. The number of anilines is 1. The maximum atomic E-state index is 5.24. The molecule has 0 radical (unpaired) electrons. The number of methoxy groups -OCH3 is 1. The molecule has 0 aromatic heterocycles. The Hall–Kier alpha value is -1.48. The molecule has 0 atom stereocenters. The highest BCUT2D eigenvalue weighted by molar-refractivity contribution is 9.10. The lowest BCUT2D eigenvalue weighted by molar-refractivity contribution is 0.412. The van der Waals surface area contributed by atoms with Gasteiger partial charge >= 0.3 is 0 Å². The van der Waals surface area contributed by atoms with Gasteiger partial charge in [0.05, 0.1) is 11.6 Å². The first-order valence-electron chi connectivity index (χ1n) is 6.94. The summed E-state index contributed by atoms with van der Waals surface area (Å²) in [5.41, 5.74) is 5.50. The van der Waals surface area contributed by atoms with E-state index in [0.717, 1.165) is 22.5 Å². The van der Waals surface area contributed by atoms with E-state index in [0.29, 0.717) is 0 Å². The van der Waals surface area contributed by atoms with Gasteiger partial charge in [-0.2, -0.15) is 0 Å². The van der Waals surface area contributed by atoms with Crippen molar-refractivity contribution < 1.29 is 4.74 Å². The maximum absolute atomic E-state index is 5.24. The molecular formula is C17H18BrNO. The van der Waals surface area contributed by atoms with Gasteiger partial charge in [-0.3, -0.25) is 0 Å². The molecule has 20 heavy (non-hydrogen) atoms. The molecule has 0 spiro atoms. The highest BCUT2D eigenvalue weighted by Gasteiger charge is 2.10. The fraction of sp³-hybridized carbons (Fsp3) is 0.294. The van der Waals surface area contributed by atoms with Crippen molar-refractivity contribution in [2.24, 2.45) is 0 Å². The second-order valence-corrected chi connectivity index (χ2v) is 6.01. The molecule has 0 fully saturated rings. The van der Waals surface area contributed by atoms with Crippen LogP contribution in [0.25, 0.3) is 0 Å². The smallest absolute Gasteiger partial charge is 0.133 e. The van der Waals surface area contributed by atoms with Crippen LogP contribution >= 0.6 is 15.9 Å². The summed E-state index contributed by atoms with van der Waals surface area (Å²) in [5, 5.41) is 3.46. The third-order valence-electron chi connectivity index (χ3n) is 3.81. The van der Waals surface area contributed by atoms with Crippen LogP contribution in [0, 0.1) is 0 Å². The SMILES string of the molecule is COc1ccc(NCc2ccc3c(c2)CCC3)cc1Br. The van der Waals surface area contributed by atoms with Crippen LogP contribution in [0.1, 0.15) is 23.1 Å². The number of halogens is 1. The van der Waals surface area contributed by atoms with Gasteiger partial charge in [0, 0.05) is 12.2 Å². The molecule has 0 heterocycles. The molecule has 0 bridgehead atoms. The lowest BCUT2D eigenvalue weighted by atomic mass is 10.1. The molecule has 2 nitrogen and oxygen atoms in total. The summed E-state index contributed by atoms with van der Waals surface area (Å²) in [4.78, 5) is 0. The molecule has 3 heteroatoms. The van der Waals surface area contributed by atoms with E-state index in [1.54, 1.807) is 7.11 Å². The van der Waals surface area contributed by atoms with Gasteiger partial charge in [0.15, 0.2) is 0 Å². The van der Waals surface area contributed by atoms with Crippen molar-refractivity contribution in [3.8, 4) is 5.75 Å². The number of hydrogen-bond donors (Lipinski definition) is 1. The number of hydrogen-bond acceptors (Lipinski definition) is 2. The highest BCUT2D eigenvalue weighted by Crippen LogP contribution is 2.28. The Bertz CT molecular complexity index is 624. The van der Waals surface area contributed by atoms with Crippen LogP contribution in [0.4, 0.5) is 5.69 Å². The summed E-state index contributed by atoms with van der Waals surface area (Å²) >= 11 is 3.51. The molecule has 0 unspecified atom stereocenters. The third kappa shape index (κ3) is 2.83. The Kier molecular flexibility index (Phi) is 3.97. The summed E-state index contributed by atoms with van der Waals surface area (Å²) in [5.74, 6) is 0.855. The maximum Gasteiger partial charge on any atom is 0.133 e. The topological polar surface area (TPSA) is 21.3 Å². The molecule has 0 saturated heterocycles. The molecule has 0 saturated carbocycles. The zero-order valence-electron chi connectivity index (χ0n) is 11.6. The number of rotatable bonds is 4. The number of ether oxygens (including phenoxy) is 1. The van der Waals surface area contributed by atoms with Crippen LogP contribution < -0.4 is 10.1 Å². The van der Waals surface area contributed by atoms with Gasteiger partial charge in [-0.1, -0.05) is 18.2 Å². The minimum Gasteiger partial charge on any atom is -0.496 e. The van der Waals surface area contributed by atoms with Crippen molar-refractivity contribution in [1.82, 2.24) is 0 Å². The molecule has 104 valence electrons. The molecule has 2 aromatic carbocycles. The van der Waals surface area contributed by atoms with E-state index in [9.17, 15) is 0 Å². The number of fused-ring (bicyclic) bond motifs is 1. The van der Waals surface area contributed by atoms with E-state index in [1.807, 2.05) is 18.2 Å². The van der Waals surface area contributed by atoms with Gasteiger partial charge < -0.3 is 10.1 Å². The quantitative estimate of drug-likeness (QED) is 0.886. The summed E-state index contributed by atoms with van der Waals surface area (Å²) in [6.45, 7) is 0.853. The Morgan fingerprint density at radius 3 is 2.75 bits per heavy atom. The average Bonchev–Trinajstić information content (AvgIpc) is 2.92. The molecule has 3 rings (SSSR count). The first kappa shape index (κ1) is 13.5. The van der Waals surface area contributed by atoms with Crippen LogP contribution in [0.15, 0.2) is 40.9 Å². The van der Waals surface area contributed by atoms with E-state index < -0.39 is 0 Å². The first-order valence-corrected chi connectivity index (χ1v) is 7.73. The van der Waals surface area contributed by atoms with Crippen LogP contribution in [0.2, 0.25) is 0 Å². The number of benzene rings is 2. The molecular weight excluding hydrogens is 314 g/mol. The van der Waals surface area contributed by atoms with E-state index in [-0.39, 0.29) is 0 Å². The van der Waals surface area contributed by atoms with Gasteiger partial charge in [0.2, 0.25) is 0 Å². The van der Waals surface area contributed by atoms with Crippen molar-refractivity contribution in [2.45, 2.75) is 25.8 Å². The van der Waals surface area contributed by atoms with Gasteiger partial charge in [0.25, 0.3) is 0 Å². The van der Waals surface area contributed by atoms with Crippen molar-refractivity contribution in [3.05, 3.63) is 57.6 Å². The number of nitrogens with one attached hydrogen (secondary N) is 1. The van der Waals surface area contributed by atoms with E-state index >= 15 is 0 Å².